The average Bonchev–Trinajstić information content (AvgIpc) is 2.51. The van der Waals surface area contributed by atoms with Gasteiger partial charge >= 0.3 is 0 Å². The van der Waals surface area contributed by atoms with E-state index in [9.17, 15) is 4.39 Å². The summed E-state index contributed by atoms with van der Waals surface area (Å²) in [7, 11) is 0. The highest BCUT2D eigenvalue weighted by molar-refractivity contribution is 6.23. The molecule has 0 heterocycles. The highest BCUT2D eigenvalue weighted by Gasteiger charge is 2.16. The van der Waals surface area contributed by atoms with Crippen molar-refractivity contribution in [3.8, 4) is 0 Å². The van der Waals surface area contributed by atoms with Crippen LogP contribution in [-0.4, -0.2) is 0 Å². The third-order valence-electron chi connectivity index (χ3n) is 3.85. The average molecular weight is 299 g/mol. The van der Waals surface area contributed by atoms with E-state index < -0.39 is 0 Å². The zero-order chi connectivity index (χ0) is 15.0. The van der Waals surface area contributed by atoms with Gasteiger partial charge in [0.25, 0.3) is 0 Å². The van der Waals surface area contributed by atoms with Crippen molar-refractivity contribution in [3.63, 3.8) is 0 Å². The minimum absolute atomic E-state index is 0.152. The lowest BCUT2D eigenvalue weighted by Crippen LogP contribution is -1.98. The van der Waals surface area contributed by atoms with E-state index >= 15 is 0 Å². The van der Waals surface area contributed by atoms with Crippen LogP contribution in [0, 0.1) is 19.7 Å². The molecule has 1 atom stereocenters. The molecule has 0 amide bonds. The van der Waals surface area contributed by atoms with Crippen LogP contribution in [-0.2, 0) is 0 Å². The largest absolute Gasteiger partial charge is 0.206 e. The standard InChI is InChI=1S/C19H16ClF/c1-12-10-15(11-13(2)19(12)21)18(20)17-9-5-7-14-6-3-4-8-16(14)17/h3-11,18H,1-2H3. The Kier molecular flexibility index (Phi) is 3.69. The topological polar surface area (TPSA) is 0 Å². The van der Waals surface area contributed by atoms with Crippen LogP contribution >= 0.6 is 11.6 Å². The van der Waals surface area contributed by atoms with Crippen molar-refractivity contribution < 1.29 is 4.39 Å². The molecule has 1 unspecified atom stereocenters. The van der Waals surface area contributed by atoms with E-state index in [1.54, 1.807) is 13.8 Å². The molecule has 0 nitrogen and oxygen atoms in total. The van der Waals surface area contributed by atoms with Crippen molar-refractivity contribution >= 4 is 22.4 Å². The van der Waals surface area contributed by atoms with Gasteiger partial charge in [-0.15, -0.1) is 11.6 Å². The van der Waals surface area contributed by atoms with Crippen LogP contribution in [0.5, 0.6) is 0 Å². The SMILES string of the molecule is Cc1cc(C(Cl)c2cccc3ccccc23)cc(C)c1F. The fraction of sp³-hybridized carbons (Fsp3) is 0.158. The van der Waals surface area contributed by atoms with Gasteiger partial charge < -0.3 is 0 Å². The normalized spacial score (nSPS) is 12.6. The highest BCUT2D eigenvalue weighted by Crippen LogP contribution is 2.35. The number of benzene rings is 3. The first-order valence-corrected chi connectivity index (χ1v) is 7.40. The van der Waals surface area contributed by atoms with Crippen LogP contribution in [0.4, 0.5) is 4.39 Å². The lowest BCUT2D eigenvalue weighted by atomic mass is 9.96. The molecule has 0 bridgehead atoms. The maximum Gasteiger partial charge on any atom is 0.129 e. The monoisotopic (exact) mass is 298 g/mol. The van der Waals surface area contributed by atoms with Gasteiger partial charge in [0.15, 0.2) is 0 Å². The quantitative estimate of drug-likeness (QED) is 0.515. The minimum atomic E-state index is -0.283. The third-order valence-corrected chi connectivity index (χ3v) is 4.33. The zero-order valence-electron chi connectivity index (χ0n) is 12.0. The lowest BCUT2D eigenvalue weighted by Gasteiger charge is -2.15. The molecular formula is C19H16ClF. The molecule has 3 rings (SSSR count). The first-order valence-electron chi connectivity index (χ1n) is 6.96. The van der Waals surface area contributed by atoms with E-state index in [4.69, 9.17) is 11.6 Å². The summed E-state index contributed by atoms with van der Waals surface area (Å²) >= 11 is 6.68. The molecular weight excluding hydrogens is 283 g/mol. The van der Waals surface area contributed by atoms with Crippen LogP contribution in [0.3, 0.4) is 0 Å². The summed E-state index contributed by atoms with van der Waals surface area (Å²) in [6, 6.07) is 18.0. The summed E-state index contributed by atoms with van der Waals surface area (Å²) in [5.74, 6) is -0.152. The maximum absolute atomic E-state index is 13.8. The van der Waals surface area contributed by atoms with Gasteiger partial charge in [0.2, 0.25) is 0 Å². The van der Waals surface area contributed by atoms with E-state index in [2.05, 4.69) is 18.2 Å². The Morgan fingerprint density at radius 2 is 1.52 bits per heavy atom. The number of hydrogen-bond donors (Lipinski definition) is 0. The molecule has 0 saturated carbocycles. The second-order valence-electron chi connectivity index (χ2n) is 5.40. The fourth-order valence-electron chi connectivity index (χ4n) is 2.78. The molecule has 0 N–H and O–H groups in total. The zero-order valence-corrected chi connectivity index (χ0v) is 12.8. The molecule has 3 aromatic carbocycles. The van der Waals surface area contributed by atoms with Crippen LogP contribution in [0.2, 0.25) is 0 Å². The molecule has 3 aromatic rings. The molecule has 2 heteroatoms. The summed E-state index contributed by atoms with van der Waals surface area (Å²) in [5.41, 5.74) is 3.26. The van der Waals surface area contributed by atoms with Gasteiger partial charge in [-0.3, -0.25) is 0 Å². The summed E-state index contributed by atoms with van der Waals surface area (Å²) < 4.78 is 13.8. The second-order valence-corrected chi connectivity index (χ2v) is 5.84. The smallest absolute Gasteiger partial charge is 0.129 e. The van der Waals surface area contributed by atoms with E-state index in [1.807, 2.05) is 36.4 Å². The molecule has 0 saturated heterocycles. The molecule has 0 aromatic heterocycles. The minimum Gasteiger partial charge on any atom is -0.206 e. The Labute approximate surface area is 129 Å². The second kappa shape index (κ2) is 5.50. The van der Waals surface area contributed by atoms with Gasteiger partial charge in [0.05, 0.1) is 5.38 Å². The van der Waals surface area contributed by atoms with Gasteiger partial charge in [0, 0.05) is 0 Å². The molecule has 0 fully saturated rings. The Morgan fingerprint density at radius 1 is 0.905 bits per heavy atom. The van der Waals surface area contributed by atoms with Crippen molar-refractivity contribution in [1.82, 2.24) is 0 Å². The first kappa shape index (κ1) is 14.1. The first-order chi connectivity index (χ1) is 10.1. The number of halogens is 2. The molecule has 0 aliphatic heterocycles. The van der Waals surface area contributed by atoms with Gasteiger partial charge in [-0.05, 0) is 46.9 Å². The van der Waals surface area contributed by atoms with Crippen molar-refractivity contribution in [3.05, 3.63) is 82.7 Å². The summed E-state index contributed by atoms with van der Waals surface area (Å²) in [5, 5.41) is 2.02. The third kappa shape index (κ3) is 2.54. The Balaban J connectivity index is 2.15. The predicted octanol–water partition coefficient (Wildman–Crippen LogP) is 5.92. The van der Waals surface area contributed by atoms with Gasteiger partial charge in [-0.2, -0.15) is 0 Å². The van der Waals surface area contributed by atoms with Crippen molar-refractivity contribution in [1.29, 1.82) is 0 Å². The van der Waals surface area contributed by atoms with Crippen molar-refractivity contribution in [2.75, 3.05) is 0 Å². The van der Waals surface area contributed by atoms with Crippen LogP contribution in [0.1, 0.15) is 27.6 Å². The van der Waals surface area contributed by atoms with Crippen molar-refractivity contribution in [2.45, 2.75) is 19.2 Å². The molecule has 0 spiro atoms. The maximum atomic E-state index is 13.8. The van der Waals surface area contributed by atoms with Crippen molar-refractivity contribution in [2.24, 2.45) is 0 Å². The van der Waals surface area contributed by atoms with E-state index in [1.165, 1.54) is 0 Å². The lowest BCUT2D eigenvalue weighted by molar-refractivity contribution is 0.608. The highest BCUT2D eigenvalue weighted by atomic mass is 35.5. The number of rotatable bonds is 2. The molecule has 0 aliphatic rings. The Bertz CT molecular complexity index is 779. The number of alkyl halides is 1. The van der Waals surface area contributed by atoms with Crippen LogP contribution in [0.25, 0.3) is 10.8 Å². The summed E-state index contributed by atoms with van der Waals surface area (Å²) in [4.78, 5) is 0. The number of fused-ring (bicyclic) bond motifs is 1. The number of aryl methyl sites for hydroxylation is 2. The molecule has 21 heavy (non-hydrogen) atoms. The summed E-state index contributed by atoms with van der Waals surface area (Å²) in [6.45, 7) is 3.55. The molecule has 0 radical (unpaired) electrons. The van der Waals surface area contributed by atoms with E-state index in [0.717, 1.165) is 21.9 Å². The van der Waals surface area contributed by atoms with E-state index in [-0.39, 0.29) is 11.2 Å². The Hall–Kier alpha value is -1.86. The van der Waals surface area contributed by atoms with Gasteiger partial charge in [0.1, 0.15) is 5.82 Å². The van der Waals surface area contributed by atoms with Crippen LogP contribution in [0.15, 0.2) is 54.6 Å². The molecule has 106 valence electrons. The van der Waals surface area contributed by atoms with Gasteiger partial charge in [-0.25, -0.2) is 4.39 Å². The summed E-state index contributed by atoms with van der Waals surface area (Å²) in [6.07, 6.45) is 0. The van der Waals surface area contributed by atoms with Crippen LogP contribution < -0.4 is 0 Å². The molecule has 0 aliphatic carbocycles. The predicted molar refractivity (Wildman–Crippen MR) is 87.5 cm³/mol. The number of hydrogen-bond acceptors (Lipinski definition) is 0. The van der Waals surface area contributed by atoms with E-state index in [0.29, 0.717) is 11.1 Å². The van der Waals surface area contributed by atoms with Gasteiger partial charge in [-0.1, -0.05) is 54.6 Å². The fourth-order valence-corrected chi connectivity index (χ4v) is 3.09. The Morgan fingerprint density at radius 3 is 2.24 bits per heavy atom.